The van der Waals surface area contributed by atoms with Crippen molar-refractivity contribution in [2.24, 2.45) is 5.92 Å². The Balaban J connectivity index is 1.59. The quantitative estimate of drug-likeness (QED) is 0.917. The van der Waals surface area contributed by atoms with Crippen LogP contribution in [-0.2, 0) is 6.54 Å². The first-order valence-corrected chi connectivity index (χ1v) is 7.69. The molecule has 3 rings (SSSR count). The van der Waals surface area contributed by atoms with Crippen molar-refractivity contribution in [1.29, 1.82) is 0 Å². The molecule has 1 aromatic heterocycles. The maximum absolute atomic E-state index is 9.91. The van der Waals surface area contributed by atoms with Crippen molar-refractivity contribution < 1.29 is 5.11 Å². The van der Waals surface area contributed by atoms with Gasteiger partial charge in [0.25, 0.3) is 0 Å². The number of hydrogen-bond acceptors (Lipinski definition) is 3. The molecule has 0 amide bonds. The molecule has 1 aromatic carbocycles. The van der Waals surface area contributed by atoms with E-state index in [2.05, 4.69) is 35.2 Å². The van der Waals surface area contributed by atoms with Crippen LogP contribution < -0.4 is 0 Å². The second-order valence-electron chi connectivity index (χ2n) is 6.04. The van der Waals surface area contributed by atoms with Gasteiger partial charge in [-0.1, -0.05) is 24.6 Å². The Labute approximate surface area is 126 Å². The lowest BCUT2D eigenvalue weighted by molar-refractivity contribution is 0.107. The Morgan fingerprint density at radius 2 is 2.05 bits per heavy atom. The Morgan fingerprint density at radius 3 is 2.76 bits per heavy atom. The van der Waals surface area contributed by atoms with Crippen LogP contribution in [0.3, 0.4) is 0 Å². The first-order chi connectivity index (χ1) is 10.2. The standard InChI is InChI=1S/C17H23N3O/c1-19(12-14-6-5-9-17(14)21)13-15-10-11-20(18-15)16-7-3-2-4-8-16/h2-4,7-8,10-11,14,17,21H,5-6,9,12-13H2,1H3. The van der Waals surface area contributed by atoms with Crippen LogP contribution >= 0.6 is 0 Å². The van der Waals surface area contributed by atoms with Gasteiger partial charge in [-0.15, -0.1) is 0 Å². The summed E-state index contributed by atoms with van der Waals surface area (Å²) in [5, 5.41) is 14.5. The van der Waals surface area contributed by atoms with Gasteiger partial charge < -0.3 is 10.0 Å². The molecule has 1 saturated carbocycles. The van der Waals surface area contributed by atoms with E-state index in [4.69, 9.17) is 0 Å². The molecule has 1 aliphatic rings. The van der Waals surface area contributed by atoms with Gasteiger partial charge in [0.1, 0.15) is 0 Å². The van der Waals surface area contributed by atoms with Gasteiger partial charge in [0.05, 0.1) is 17.5 Å². The van der Waals surface area contributed by atoms with Crippen molar-refractivity contribution in [3.8, 4) is 5.69 Å². The molecule has 4 nitrogen and oxygen atoms in total. The summed E-state index contributed by atoms with van der Waals surface area (Å²) in [7, 11) is 2.10. The number of aromatic nitrogens is 2. The van der Waals surface area contributed by atoms with E-state index in [1.54, 1.807) is 0 Å². The predicted octanol–water partition coefficient (Wildman–Crippen LogP) is 2.47. The average molecular weight is 285 g/mol. The second kappa shape index (κ2) is 6.41. The summed E-state index contributed by atoms with van der Waals surface area (Å²) in [5.74, 6) is 0.422. The zero-order valence-electron chi connectivity index (χ0n) is 12.5. The summed E-state index contributed by atoms with van der Waals surface area (Å²) < 4.78 is 1.91. The number of para-hydroxylation sites is 1. The van der Waals surface area contributed by atoms with Gasteiger partial charge in [0, 0.05) is 19.3 Å². The Bertz CT molecular complexity index is 566. The molecule has 1 fully saturated rings. The summed E-state index contributed by atoms with van der Waals surface area (Å²) in [5.41, 5.74) is 2.14. The Hall–Kier alpha value is -1.65. The van der Waals surface area contributed by atoms with Crippen LogP contribution in [-0.4, -0.2) is 39.5 Å². The van der Waals surface area contributed by atoms with Gasteiger partial charge in [-0.05, 0) is 44.0 Å². The minimum Gasteiger partial charge on any atom is -0.393 e. The second-order valence-corrected chi connectivity index (χ2v) is 6.04. The molecule has 112 valence electrons. The van der Waals surface area contributed by atoms with Crippen LogP contribution in [0.2, 0.25) is 0 Å². The van der Waals surface area contributed by atoms with Crippen LogP contribution in [0.4, 0.5) is 0 Å². The molecular weight excluding hydrogens is 262 g/mol. The minimum atomic E-state index is -0.116. The maximum atomic E-state index is 9.91. The van der Waals surface area contributed by atoms with Gasteiger partial charge >= 0.3 is 0 Å². The molecule has 21 heavy (non-hydrogen) atoms. The summed E-state index contributed by atoms with van der Waals surface area (Å²) in [6.07, 6.45) is 5.14. The molecule has 1 aliphatic carbocycles. The first-order valence-electron chi connectivity index (χ1n) is 7.69. The van der Waals surface area contributed by atoms with E-state index in [9.17, 15) is 5.11 Å². The third kappa shape index (κ3) is 3.52. The number of rotatable bonds is 5. The molecule has 0 saturated heterocycles. The van der Waals surface area contributed by atoms with E-state index < -0.39 is 0 Å². The van der Waals surface area contributed by atoms with E-state index in [0.29, 0.717) is 5.92 Å². The SMILES string of the molecule is CN(Cc1ccn(-c2ccccc2)n1)CC1CCCC1O. The normalized spacial score (nSPS) is 22.0. The Morgan fingerprint density at radius 1 is 1.24 bits per heavy atom. The molecular formula is C17H23N3O. The van der Waals surface area contributed by atoms with Crippen LogP contribution in [0.25, 0.3) is 5.69 Å². The fraction of sp³-hybridized carbons (Fsp3) is 0.471. The van der Waals surface area contributed by atoms with Gasteiger partial charge in [0.2, 0.25) is 0 Å². The van der Waals surface area contributed by atoms with Crippen molar-refractivity contribution in [3.05, 3.63) is 48.3 Å². The van der Waals surface area contributed by atoms with Crippen LogP contribution in [0.15, 0.2) is 42.6 Å². The van der Waals surface area contributed by atoms with Crippen molar-refractivity contribution >= 4 is 0 Å². The van der Waals surface area contributed by atoms with E-state index >= 15 is 0 Å². The van der Waals surface area contributed by atoms with Gasteiger partial charge in [-0.3, -0.25) is 0 Å². The number of nitrogens with zero attached hydrogens (tertiary/aromatic N) is 3. The number of aliphatic hydroxyl groups excluding tert-OH is 1. The van der Waals surface area contributed by atoms with E-state index in [-0.39, 0.29) is 6.10 Å². The minimum absolute atomic E-state index is 0.116. The lowest BCUT2D eigenvalue weighted by Gasteiger charge is -2.22. The molecule has 2 unspecified atom stereocenters. The van der Waals surface area contributed by atoms with Gasteiger partial charge in [0.15, 0.2) is 0 Å². The summed E-state index contributed by atoms with van der Waals surface area (Å²) >= 11 is 0. The van der Waals surface area contributed by atoms with Gasteiger partial charge in [-0.2, -0.15) is 5.10 Å². The monoisotopic (exact) mass is 285 g/mol. The number of hydrogen-bond donors (Lipinski definition) is 1. The third-order valence-corrected chi connectivity index (χ3v) is 4.26. The van der Waals surface area contributed by atoms with E-state index in [0.717, 1.165) is 43.7 Å². The summed E-state index contributed by atoms with van der Waals surface area (Å²) in [6.45, 7) is 1.77. The fourth-order valence-electron chi connectivity index (χ4n) is 3.14. The highest BCUT2D eigenvalue weighted by Crippen LogP contribution is 2.26. The summed E-state index contributed by atoms with van der Waals surface area (Å²) in [6, 6.07) is 12.2. The number of benzene rings is 1. The molecule has 1 heterocycles. The lowest BCUT2D eigenvalue weighted by atomic mass is 10.1. The van der Waals surface area contributed by atoms with Crippen LogP contribution in [0.5, 0.6) is 0 Å². The third-order valence-electron chi connectivity index (χ3n) is 4.26. The molecule has 4 heteroatoms. The molecule has 0 aliphatic heterocycles. The zero-order valence-corrected chi connectivity index (χ0v) is 12.5. The fourth-order valence-corrected chi connectivity index (χ4v) is 3.14. The highest BCUT2D eigenvalue weighted by atomic mass is 16.3. The molecule has 0 radical (unpaired) electrons. The van der Waals surface area contributed by atoms with Crippen LogP contribution in [0.1, 0.15) is 25.0 Å². The largest absolute Gasteiger partial charge is 0.393 e. The Kier molecular flexibility index (Phi) is 4.36. The van der Waals surface area contributed by atoms with Crippen LogP contribution in [0, 0.1) is 5.92 Å². The summed E-state index contributed by atoms with van der Waals surface area (Å²) in [4.78, 5) is 2.26. The van der Waals surface area contributed by atoms with Crippen molar-refractivity contribution in [2.75, 3.05) is 13.6 Å². The predicted molar refractivity (Wildman–Crippen MR) is 83.2 cm³/mol. The smallest absolute Gasteiger partial charge is 0.0769 e. The molecule has 1 N–H and O–H groups in total. The first kappa shape index (κ1) is 14.3. The lowest BCUT2D eigenvalue weighted by Crippen LogP contribution is -2.29. The highest BCUT2D eigenvalue weighted by Gasteiger charge is 2.26. The highest BCUT2D eigenvalue weighted by molar-refractivity contribution is 5.30. The number of aliphatic hydroxyl groups is 1. The van der Waals surface area contributed by atoms with Gasteiger partial charge in [-0.25, -0.2) is 4.68 Å². The van der Waals surface area contributed by atoms with Crippen molar-refractivity contribution in [1.82, 2.24) is 14.7 Å². The van der Waals surface area contributed by atoms with Crippen molar-refractivity contribution in [2.45, 2.75) is 31.9 Å². The molecule has 2 aromatic rings. The topological polar surface area (TPSA) is 41.3 Å². The van der Waals surface area contributed by atoms with Crippen molar-refractivity contribution in [3.63, 3.8) is 0 Å². The molecule has 2 atom stereocenters. The molecule has 0 bridgehead atoms. The maximum Gasteiger partial charge on any atom is 0.0769 e. The zero-order chi connectivity index (χ0) is 14.7. The average Bonchev–Trinajstić information content (AvgIpc) is 3.10. The van der Waals surface area contributed by atoms with E-state index in [1.807, 2.05) is 29.1 Å². The van der Waals surface area contributed by atoms with E-state index in [1.165, 1.54) is 0 Å². The molecule has 0 spiro atoms.